The van der Waals surface area contributed by atoms with Crippen LogP contribution in [0.15, 0.2) is 4.99 Å². The number of aliphatic imine (C=N–C) groups is 1. The first-order valence-corrected chi connectivity index (χ1v) is 3.71. The molecule has 1 heteroatoms. The van der Waals surface area contributed by atoms with Crippen LogP contribution >= 0.6 is 0 Å². The SMILES string of the molecule is C=NC(C(C)C)C1CC1. The van der Waals surface area contributed by atoms with Gasteiger partial charge in [0.2, 0.25) is 0 Å². The molecule has 0 N–H and O–H groups in total. The molecule has 0 heterocycles. The Morgan fingerprint density at radius 2 is 2.00 bits per heavy atom. The second-order valence-corrected chi connectivity index (χ2v) is 3.25. The van der Waals surface area contributed by atoms with Gasteiger partial charge in [-0.3, -0.25) is 4.99 Å². The molecular formula is C8H15N. The van der Waals surface area contributed by atoms with Gasteiger partial charge in [-0.05, 0) is 31.4 Å². The topological polar surface area (TPSA) is 12.4 Å². The van der Waals surface area contributed by atoms with Crippen LogP contribution in [-0.4, -0.2) is 12.8 Å². The molecule has 0 amide bonds. The molecule has 1 nitrogen and oxygen atoms in total. The zero-order chi connectivity index (χ0) is 6.85. The monoisotopic (exact) mass is 125 g/mol. The van der Waals surface area contributed by atoms with Crippen LogP contribution in [0.4, 0.5) is 0 Å². The fourth-order valence-electron chi connectivity index (χ4n) is 1.34. The summed E-state index contributed by atoms with van der Waals surface area (Å²) < 4.78 is 0. The standard InChI is InChI=1S/C8H15N/c1-6(2)8(9-3)7-4-5-7/h6-8H,3-5H2,1-2H3. The van der Waals surface area contributed by atoms with Crippen molar-refractivity contribution in [1.29, 1.82) is 0 Å². The second kappa shape index (κ2) is 2.51. The molecule has 1 saturated carbocycles. The average molecular weight is 125 g/mol. The van der Waals surface area contributed by atoms with Crippen LogP contribution in [0.5, 0.6) is 0 Å². The number of rotatable bonds is 3. The Morgan fingerprint density at radius 1 is 1.44 bits per heavy atom. The molecule has 1 fully saturated rings. The molecule has 0 aromatic heterocycles. The quantitative estimate of drug-likeness (QED) is 0.512. The maximum Gasteiger partial charge on any atom is 0.0543 e. The summed E-state index contributed by atoms with van der Waals surface area (Å²) in [6, 6.07) is 0.546. The lowest BCUT2D eigenvalue weighted by atomic mass is 10.0. The van der Waals surface area contributed by atoms with Crippen LogP contribution in [0.25, 0.3) is 0 Å². The highest BCUT2D eigenvalue weighted by atomic mass is 14.8. The Balaban J connectivity index is 2.37. The van der Waals surface area contributed by atoms with Gasteiger partial charge in [0.1, 0.15) is 0 Å². The van der Waals surface area contributed by atoms with Crippen LogP contribution in [0, 0.1) is 11.8 Å². The third-order valence-electron chi connectivity index (χ3n) is 2.00. The second-order valence-electron chi connectivity index (χ2n) is 3.25. The minimum atomic E-state index is 0.546. The van der Waals surface area contributed by atoms with E-state index in [1.165, 1.54) is 12.8 Å². The van der Waals surface area contributed by atoms with Gasteiger partial charge < -0.3 is 0 Å². The van der Waals surface area contributed by atoms with Crippen LogP contribution in [0.3, 0.4) is 0 Å². The van der Waals surface area contributed by atoms with Crippen molar-refractivity contribution in [2.45, 2.75) is 32.7 Å². The third-order valence-corrected chi connectivity index (χ3v) is 2.00. The zero-order valence-corrected chi connectivity index (χ0v) is 6.30. The van der Waals surface area contributed by atoms with Crippen LogP contribution in [-0.2, 0) is 0 Å². The lowest BCUT2D eigenvalue weighted by molar-refractivity contribution is 0.452. The van der Waals surface area contributed by atoms with Crippen molar-refractivity contribution in [2.75, 3.05) is 0 Å². The Hall–Kier alpha value is -0.330. The van der Waals surface area contributed by atoms with Crippen LogP contribution in [0.1, 0.15) is 26.7 Å². The van der Waals surface area contributed by atoms with Gasteiger partial charge in [-0.1, -0.05) is 13.8 Å². The molecule has 0 aromatic rings. The Morgan fingerprint density at radius 3 is 2.11 bits per heavy atom. The van der Waals surface area contributed by atoms with E-state index in [1.807, 2.05) is 0 Å². The molecule has 1 unspecified atom stereocenters. The highest BCUT2D eigenvalue weighted by Crippen LogP contribution is 2.37. The van der Waals surface area contributed by atoms with E-state index >= 15 is 0 Å². The normalized spacial score (nSPS) is 22.1. The Kier molecular flexibility index (Phi) is 1.89. The number of nitrogens with zero attached hydrogens (tertiary/aromatic N) is 1. The number of hydrogen-bond acceptors (Lipinski definition) is 1. The summed E-state index contributed by atoms with van der Waals surface area (Å²) in [5.74, 6) is 1.57. The summed E-state index contributed by atoms with van der Waals surface area (Å²) in [7, 11) is 0. The van der Waals surface area contributed by atoms with Gasteiger partial charge in [0.25, 0.3) is 0 Å². The molecule has 0 aromatic carbocycles. The summed E-state index contributed by atoms with van der Waals surface area (Å²) >= 11 is 0. The van der Waals surface area contributed by atoms with Gasteiger partial charge in [-0.15, -0.1) is 0 Å². The third kappa shape index (κ3) is 1.54. The van der Waals surface area contributed by atoms with Crippen molar-refractivity contribution in [2.24, 2.45) is 16.8 Å². The molecule has 0 bridgehead atoms. The van der Waals surface area contributed by atoms with E-state index < -0.39 is 0 Å². The summed E-state index contributed by atoms with van der Waals surface area (Å²) in [6.45, 7) is 8.03. The highest BCUT2D eigenvalue weighted by molar-refractivity contribution is 5.25. The van der Waals surface area contributed by atoms with Crippen molar-refractivity contribution in [3.8, 4) is 0 Å². The molecular weight excluding hydrogens is 110 g/mol. The van der Waals surface area contributed by atoms with Gasteiger partial charge in [0, 0.05) is 0 Å². The summed E-state index contributed by atoms with van der Waals surface area (Å²) in [6.07, 6.45) is 2.75. The van der Waals surface area contributed by atoms with Crippen LogP contribution in [0.2, 0.25) is 0 Å². The summed E-state index contributed by atoms with van der Waals surface area (Å²) in [4.78, 5) is 4.10. The van der Waals surface area contributed by atoms with Crippen molar-refractivity contribution in [1.82, 2.24) is 0 Å². The molecule has 0 spiro atoms. The summed E-state index contributed by atoms with van der Waals surface area (Å²) in [5.41, 5.74) is 0. The van der Waals surface area contributed by atoms with Crippen molar-refractivity contribution >= 4 is 6.72 Å². The fraction of sp³-hybridized carbons (Fsp3) is 0.875. The van der Waals surface area contributed by atoms with E-state index in [9.17, 15) is 0 Å². The Labute approximate surface area is 57.2 Å². The van der Waals surface area contributed by atoms with E-state index in [2.05, 4.69) is 25.6 Å². The largest absolute Gasteiger partial charge is 0.297 e. The first-order valence-electron chi connectivity index (χ1n) is 3.71. The Bertz CT molecular complexity index is 101. The average Bonchev–Trinajstić information content (AvgIpc) is 2.50. The highest BCUT2D eigenvalue weighted by Gasteiger charge is 2.31. The van der Waals surface area contributed by atoms with E-state index in [0.717, 1.165) is 5.92 Å². The smallest absolute Gasteiger partial charge is 0.0543 e. The van der Waals surface area contributed by atoms with Crippen LogP contribution < -0.4 is 0 Å². The van der Waals surface area contributed by atoms with Gasteiger partial charge >= 0.3 is 0 Å². The predicted octanol–water partition coefficient (Wildman–Crippen LogP) is 2.12. The molecule has 1 aliphatic carbocycles. The maximum atomic E-state index is 4.10. The lowest BCUT2D eigenvalue weighted by Gasteiger charge is -2.13. The summed E-state index contributed by atoms with van der Waals surface area (Å²) in [5, 5.41) is 0. The van der Waals surface area contributed by atoms with Gasteiger partial charge in [0.05, 0.1) is 6.04 Å². The first-order chi connectivity index (χ1) is 4.25. The molecule has 0 saturated heterocycles. The van der Waals surface area contributed by atoms with Crippen molar-refractivity contribution < 1.29 is 0 Å². The first kappa shape index (κ1) is 6.79. The minimum absolute atomic E-state index is 0.546. The zero-order valence-electron chi connectivity index (χ0n) is 6.30. The van der Waals surface area contributed by atoms with E-state index in [4.69, 9.17) is 0 Å². The van der Waals surface area contributed by atoms with E-state index in [-0.39, 0.29) is 0 Å². The molecule has 52 valence electrons. The van der Waals surface area contributed by atoms with Crippen molar-refractivity contribution in [3.63, 3.8) is 0 Å². The molecule has 1 atom stereocenters. The minimum Gasteiger partial charge on any atom is -0.297 e. The predicted molar refractivity (Wildman–Crippen MR) is 40.9 cm³/mol. The van der Waals surface area contributed by atoms with E-state index in [0.29, 0.717) is 12.0 Å². The maximum absolute atomic E-state index is 4.10. The molecule has 0 aliphatic heterocycles. The van der Waals surface area contributed by atoms with Gasteiger partial charge in [-0.25, -0.2) is 0 Å². The van der Waals surface area contributed by atoms with Gasteiger partial charge in [0.15, 0.2) is 0 Å². The molecule has 1 rings (SSSR count). The van der Waals surface area contributed by atoms with Gasteiger partial charge in [-0.2, -0.15) is 0 Å². The fourth-order valence-corrected chi connectivity index (χ4v) is 1.34. The lowest BCUT2D eigenvalue weighted by Crippen LogP contribution is -2.14. The molecule has 1 aliphatic rings. The van der Waals surface area contributed by atoms with Crippen molar-refractivity contribution in [3.05, 3.63) is 0 Å². The molecule has 0 radical (unpaired) electrons. The van der Waals surface area contributed by atoms with E-state index in [1.54, 1.807) is 0 Å². The molecule has 9 heavy (non-hydrogen) atoms. The number of hydrogen-bond donors (Lipinski definition) is 0.